The van der Waals surface area contributed by atoms with Crippen LogP contribution in [-0.2, 0) is 27.2 Å². The van der Waals surface area contributed by atoms with Gasteiger partial charge in [-0.3, -0.25) is 4.79 Å². The predicted molar refractivity (Wildman–Crippen MR) is 142 cm³/mol. The van der Waals surface area contributed by atoms with E-state index in [4.69, 9.17) is 14.2 Å². The quantitative estimate of drug-likeness (QED) is 0.559. The number of carbonyl (C=O) groups is 1. The van der Waals surface area contributed by atoms with E-state index in [1.54, 1.807) is 7.11 Å². The molecule has 6 nitrogen and oxygen atoms in total. The van der Waals surface area contributed by atoms with Crippen molar-refractivity contribution < 1.29 is 24.1 Å². The van der Waals surface area contributed by atoms with E-state index in [1.807, 2.05) is 30.3 Å². The normalized spacial score (nSPS) is 35.2. The molecule has 6 heteroatoms. The van der Waals surface area contributed by atoms with Gasteiger partial charge in [0.1, 0.15) is 5.75 Å². The third kappa shape index (κ3) is 5.29. The third-order valence-electron chi connectivity index (χ3n) is 9.53. The first-order valence-corrected chi connectivity index (χ1v) is 13.7. The van der Waals surface area contributed by atoms with Crippen LogP contribution in [-0.4, -0.2) is 43.2 Å². The van der Waals surface area contributed by atoms with Crippen LogP contribution in [0.25, 0.3) is 0 Å². The summed E-state index contributed by atoms with van der Waals surface area (Å²) in [5, 5.41) is 14.2. The second-order valence-electron chi connectivity index (χ2n) is 11.7. The van der Waals surface area contributed by atoms with Gasteiger partial charge >= 0.3 is 0 Å². The maximum atomic E-state index is 13.1. The molecule has 37 heavy (non-hydrogen) atoms. The van der Waals surface area contributed by atoms with Gasteiger partial charge in [-0.2, -0.15) is 0 Å². The van der Waals surface area contributed by atoms with Gasteiger partial charge in [-0.25, -0.2) is 0 Å². The molecule has 7 atom stereocenters. The standard InChI is InChI=1S/C31H41NO5/c1-30-16-15-27-31(2,20-36-29(37-27)17-21-7-5-4-6-8-21)26(30)14-13-25(33)24(30)18-28(34)32-19-22-9-11-23(35-3)12-10-22/h4-12,24-27,29,33H,13-20H2,1-3H3,(H,32,34)/t24-,25-,26+,27-,29-,30+,31+/m1/s1. The summed E-state index contributed by atoms with van der Waals surface area (Å²) in [7, 11) is 1.64. The Morgan fingerprint density at radius 2 is 1.78 bits per heavy atom. The number of nitrogens with one attached hydrogen (secondary N) is 1. The highest BCUT2D eigenvalue weighted by Gasteiger charge is 2.61. The van der Waals surface area contributed by atoms with E-state index < -0.39 is 6.10 Å². The van der Waals surface area contributed by atoms with Crippen molar-refractivity contribution in [1.82, 2.24) is 5.32 Å². The molecule has 2 saturated carbocycles. The largest absolute Gasteiger partial charge is 0.497 e. The number of aliphatic hydroxyl groups excluding tert-OH is 1. The van der Waals surface area contributed by atoms with Gasteiger partial charge in [0, 0.05) is 24.8 Å². The van der Waals surface area contributed by atoms with Crippen molar-refractivity contribution in [3.63, 3.8) is 0 Å². The molecule has 5 rings (SSSR count). The predicted octanol–water partition coefficient (Wildman–Crippen LogP) is 4.88. The highest BCUT2D eigenvalue weighted by molar-refractivity contribution is 5.76. The number of benzene rings is 2. The zero-order valence-corrected chi connectivity index (χ0v) is 22.3. The molecule has 2 N–H and O–H groups in total. The Morgan fingerprint density at radius 3 is 2.51 bits per heavy atom. The molecule has 3 aliphatic rings. The van der Waals surface area contributed by atoms with E-state index in [0.717, 1.165) is 37.0 Å². The van der Waals surface area contributed by atoms with Crippen molar-refractivity contribution in [2.45, 2.75) is 77.4 Å². The van der Waals surface area contributed by atoms with E-state index in [2.05, 4.69) is 43.4 Å². The van der Waals surface area contributed by atoms with Crippen LogP contribution in [0.3, 0.4) is 0 Å². The smallest absolute Gasteiger partial charge is 0.220 e. The third-order valence-corrected chi connectivity index (χ3v) is 9.53. The number of hydrogen-bond donors (Lipinski definition) is 2. The fraction of sp³-hybridized carbons (Fsp3) is 0.581. The molecule has 0 unspecified atom stereocenters. The minimum Gasteiger partial charge on any atom is -0.497 e. The van der Waals surface area contributed by atoms with Crippen LogP contribution in [0.5, 0.6) is 5.75 Å². The fourth-order valence-corrected chi connectivity index (χ4v) is 7.42. The summed E-state index contributed by atoms with van der Waals surface area (Å²) in [6.07, 6.45) is 4.06. The number of aliphatic hydroxyl groups is 1. The summed E-state index contributed by atoms with van der Waals surface area (Å²) in [6, 6.07) is 18.1. The van der Waals surface area contributed by atoms with Gasteiger partial charge in [0.2, 0.25) is 5.91 Å². The summed E-state index contributed by atoms with van der Waals surface area (Å²) in [4.78, 5) is 13.1. The van der Waals surface area contributed by atoms with Gasteiger partial charge in [0.05, 0.1) is 25.9 Å². The maximum absolute atomic E-state index is 13.1. The molecular weight excluding hydrogens is 466 g/mol. The number of amides is 1. The summed E-state index contributed by atoms with van der Waals surface area (Å²) < 4.78 is 18.1. The first-order valence-electron chi connectivity index (χ1n) is 13.7. The first-order chi connectivity index (χ1) is 17.8. The Morgan fingerprint density at radius 1 is 1.03 bits per heavy atom. The maximum Gasteiger partial charge on any atom is 0.220 e. The Balaban J connectivity index is 1.24. The van der Waals surface area contributed by atoms with Crippen LogP contribution in [0.2, 0.25) is 0 Å². The molecule has 3 fully saturated rings. The summed E-state index contributed by atoms with van der Waals surface area (Å²) in [5.74, 6) is 1.04. The van der Waals surface area contributed by atoms with E-state index in [1.165, 1.54) is 5.56 Å². The molecule has 1 amide bonds. The van der Waals surface area contributed by atoms with Gasteiger partial charge in [-0.05, 0) is 66.2 Å². The Bertz CT molecular complexity index is 1060. The molecule has 200 valence electrons. The molecule has 0 bridgehead atoms. The van der Waals surface area contributed by atoms with Crippen molar-refractivity contribution in [1.29, 1.82) is 0 Å². The summed E-state index contributed by atoms with van der Waals surface area (Å²) in [5.41, 5.74) is 1.98. The molecule has 0 spiro atoms. The van der Waals surface area contributed by atoms with Crippen molar-refractivity contribution in [3.8, 4) is 5.75 Å². The lowest BCUT2D eigenvalue weighted by Crippen LogP contribution is -2.63. The van der Waals surface area contributed by atoms with E-state index in [0.29, 0.717) is 31.9 Å². The average molecular weight is 508 g/mol. The highest BCUT2D eigenvalue weighted by Crippen LogP contribution is 2.62. The zero-order valence-electron chi connectivity index (χ0n) is 22.3. The van der Waals surface area contributed by atoms with Crippen LogP contribution in [0.15, 0.2) is 54.6 Å². The van der Waals surface area contributed by atoms with Crippen molar-refractivity contribution >= 4 is 5.91 Å². The number of methoxy groups -OCH3 is 1. The Kier molecular flexibility index (Phi) is 7.62. The van der Waals surface area contributed by atoms with Gasteiger partial charge in [-0.15, -0.1) is 0 Å². The molecular formula is C31H41NO5. The van der Waals surface area contributed by atoms with Crippen molar-refractivity contribution in [3.05, 3.63) is 65.7 Å². The van der Waals surface area contributed by atoms with E-state index in [-0.39, 0.29) is 35.0 Å². The van der Waals surface area contributed by atoms with Gasteiger partial charge < -0.3 is 24.6 Å². The molecule has 0 radical (unpaired) electrons. The van der Waals surface area contributed by atoms with Crippen molar-refractivity contribution in [2.24, 2.45) is 22.7 Å². The lowest BCUT2D eigenvalue weighted by atomic mass is 9.46. The molecule has 1 saturated heterocycles. The topological polar surface area (TPSA) is 77.0 Å². The zero-order chi connectivity index (χ0) is 26.0. The molecule has 2 aromatic rings. The second-order valence-corrected chi connectivity index (χ2v) is 11.7. The van der Waals surface area contributed by atoms with Crippen LogP contribution < -0.4 is 10.1 Å². The minimum absolute atomic E-state index is 0.00640. The first kappa shape index (κ1) is 26.2. The fourth-order valence-electron chi connectivity index (χ4n) is 7.42. The highest BCUT2D eigenvalue weighted by atomic mass is 16.7. The number of ether oxygens (including phenoxy) is 3. The lowest BCUT2D eigenvalue weighted by molar-refractivity contribution is -0.308. The molecule has 1 heterocycles. The van der Waals surface area contributed by atoms with E-state index in [9.17, 15) is 9.90 Å². The monoisotopic (exact) mass is 507 g/mol. The van der Waals surface area contributed by atoms with Crippen molar-refractivity contribution in [2.75, 3.05) is 13.7 Å². The van der Waals surface area contributed by atoms with Gasteiger partial charge in [-0.1, -0.05) is 56.3 Å². The van der Waals surface area contributed by atoms with Crippen LogP contribution in [0.4, 0.5) is 0 Å². The average Bonchev–Trinajstić information content (AvgIpc) is 2.90. The molecule has 0 aromatic heterocycles. The van der Waals surface area contributed by atoms with Gasteiger partial charge in [0.25, 0.3) is 0 Å². The number of carbonyl (C=O) groups excluding carboxylic acids is 1. The van der Waals surface area contributed by atoms with Crippen LogP contribution in [0, 0.1) is 22.7 Å². The lowest BCUT2D eigenvalue weighted by Gasteiger charge is -2.63. The Hall–Kier alpha value is -2.41. The minimum atomic E-state index is -0.468. The molecule has 1 aliphatic heterocycles. The van der Waals surface area contributed by atoms with E-state index >= 15 is 0 Å². The summed E-state index contributed by atoms with van der Waals surface area (Å²) >= 11 is 0. The molecule has 2 aromatic carbocycles. The SMILES string of the molecule is COc1ccc(CNC(=O)C[C@@H]2[C@H](O)CC[C@@H]3[C@]4(C)CO[C@@H](Cc5ccccc5)O[C@@H]4CC[C@]32C)cc1. The van der Waals surface area contributed by atoms with Crippen LogP contribution >= 0.6 is 0 Å². The number of rotatable bonds is 7. The second kappa shape index (κ2) is 10.8. The number of fused-ring (bicyclic) bond motifs is 3. The van der Waals surface area contributed by atoms with Crippen LogP contribution in [0.1, 0.15) is 57.1 Å². The number of hydrogen-bond acceptors (Lipinski definition) is 5. The molecule has 2 aliphatic carbocycles. The summed E-state index contributed by atoms with van der Waals surface area (Å²) in [6.45, 7) is 5.72. The Labute approximate surface area is 220 Å². The van der Waals surface area contributed by atoms with Gasteiger partial charge in [0.15, 0.2) is 6.29 Å².